The summed E-state index contributed by atoms with van der Waals surface area (Å²) in [5.41, 5.74) is 0.815. The highest BCUT2D eigenvalue weighted by atomic mass is 32.2. The van der Waals surface area contributed by atoms with Gasteiger partial charge in [-0.3, -0.25) is 9.78 Å². The van der Waals surface area contributed by atoms with Gasteiger partial charge in [-0.15, -0.1) is 11.8 Å². The summed E-state index contributed by atoms with van der Waals surface area (Å²) >= 11 is 1.40. The largest absolute Gasteiger partial charge is 0.468 e. The molecule has 0 unspecified atom stereocenters. The molecule has 94 valence electrons. The quantitative estimate of drug-likeness (QED) is 0.627. The lowest BCUT2D eigenvalue weighted by molar-refractivity contribution is -0.140. The average Bonchev–Trinajstić information content (AvgIpc) is 2.81. The monoisotopic (exact) mass is 263 g/mol. The number of pyridine rings is 1. The molecule has 18 heavy (non-hydrogen) atoms. The number of aromatic nitrogens is 1. The lowest BCUT2D eigenvalue weighted by Gasteiger charge is -2.13. The maximum atomic E-state index is 11.8. The van der Waals surface area contributed by atoms with E-state index in [2.05, 4.69) is 4.98 Å². The van der Waals surface area contributed by atoms with Crippen LogP contribution in [0.25, 0.3) is 0 Å². The third-order valence-electron chi connectivity index (χ3n) is 2.46. The molecule has 0 aliphatic heterocycles. The number of esters is 1. The smallest absolute Gasteiger partial charge is 0.323 e. The third-order valence-corrected chi connectivity index (χ3v) is 3.84. The molecule has 2 aromatic rings. The highest BCUT2D eigenvalue weighted by Crippen LogP contribution is 2.37. The molecule has 0 fully saturated rings. The Morgan fingerprint density at radius 2 is 2.33 bits per heavy atom. The van der Waals surface area contributed by atoms with Crippen molar-refractivity contribution in [3.8, 4) is 0 Å². The summed E-state index contributed by atoms with van der Waals surface area (Å²) in [4.78, 5) is 16.8. The molecule has 0 aliphatic carbocycles. The first-order chi connectivity index (χ1) is 8.72. The molecule has 1 atom stereocenters. The van der Waals surface area contributed by atoms with Crippen molar-refractivity contribution >= 4 is 17.7 Å². The summed E-state index contributed by atoms with van der Waals surface area (Å²) in [6, 6.07) is 5.50. The van der Waals surface area contributed by atoms with Crippen LogP contribution in [-0.2, 0) is 9.53 Å². The minimum Gasteiger partial charge on any atom is -0.468 e. The Morgan fingerprint density at radius 1 is 1.50 bits per heavy atom. The van der Waals surface area contributed by atoms with Crippen molar-refractivity contribution < 1.29 is 13.9 Å². The molecule has 0 aliphatic rings. The third kappa shape index (κ3) is 2.73. The molecule has 0 bridgehead atoms. The molecule has 5 heteroatoms. The fourth-order valence-corrected chi connectivity index (χ4v) is 2.58. The van der Waals surface area contributed by atoms with Gasteiger partial charge in [0, 0.05) is 17.3 Å². The Hall–Kier alpha value is -1.75. The molecule has 2 heterocycles. The van der Waals surface area contributed by atoms with Crippen LogP contribution in [0.2, 0.25) is 0 Å². The Kier molecular flexibility index (Phi) is 4.04. The summed E-state index contributed by atoms with van der Waals surface area (Å²) in [7, 11) is 1.38. The van der Waals surface area contributed by atoms with Gasteiger partial charge in [-0.25, -0.2) is 0 Å². The number of carbonyl (C=O) groups excluding carboxylic acids is 1. The van der Waals surface area contributed by atoms with E-state index in [-0.39, 0.29) is 5.97 Å². The number of nitrogens with zero attached hydrogens (tertiary/aromatic N) is 1. The topological polar surface area (TPSA) is 52.3 Å². The SMILES string of the molecule is COC(=O)[C@@H](Sc1ccoc1C)c1cccnc1. The van der Waals surface area contributed by atoms with Gasteiger partial charge in [0.25, 0.3) is 0 Å². The lowest BCUT2D eigenvalue weighted by Crippen LogP contribution is -2.11. The second-order valence-electron chi connectivity index (χ2n) is 3.65. The van der Waals surface area contributed by atoms with E-state index in [4.69, 9.17) is 9.15 Å². The van der Waals surface area contributed by atoms with E-state index in [0.717, 1.165) is 16.2 Å². The van der Waals surface area contributed by atoms with Crippen LogP contribution in [0.4, 0.5) is 0 Å². The number of aryl methyl sites for hydroxylation is 1. The van der Waals surface area contributed by atoms with Gasteiger partial charge in [-0.05, 0) is 24.6 Å². The first-order valence-corrected chi connectivity index (χ1v) is 6.29. The number of carbonyl (C=O) groups is 1. The van der Waals surface area contributed by atoms with Gasteiger partial charge < -0.3 is 9.15 Å². The number of furan rings is 1. The first kappa shape index (κ1) is 12.7. The van der Waals surface area contributed by atoms with Crippen LogP contribution >= 0.6 is 11.8 Å². The molecule has 0 saturated carbocycles. The van der Waals surface area contributed by atoms with Gasteiger partial charge >= 0.3 is 5.97 Å². The second kappa shape index (κ2) is 5.73. The summed E-state index contributed by atoms with van der Waals surface area (Å²) < 4.78 is 10.1. The fourth-order valence-electron chi connectivity index (χ4n) is 1.51. The van der Waals surface area contributed by atoms with Gasteiger partial charge in [-0.2, -0.15) is 0 Å². The first-order valence-electron chi connectivity index (χ1n) is 5.41. The van der Waals surface area contributed by atoms with E-state index in [1.165, 1.54) is 18.9 Å². The van der Waals surface area contributed by atoms with E-state index in [1.807, 2.05) is 19.1 Å². The van der Waals surface area contributed by atoms with Crippen molar-refractivity contribution in [3.63, 3.8) is 0 Å². The van der Waals surface area contributed by atoms with E-state index in [0.29, 0.717) is 0 Å². The van der Waals surface area contributed by atoms with Crippen LogP contribution < -0.4 is 0 Å². The van der Waals surface area contributed by atoms with Crippen molar-refractivity contribution in [1.29, 1.82) is 0 Å². The minimum absolute atomic E-state index is 0.298. The molecule has 2 aromatic heterocycles. The minimum atomic E-state index is -0.431. The molecular formula is C13H13NO3S. The highest BCUT2D eigenvalue weighted by Gasteiger charge is 2.24. The maximum absolute atomic E-state index is 11.8. The number of hydrogen-bond acceptors (Lipinski definition) is 5. The standard InChI is InChI=1S/C13H13NO3S/c1-9-11(5-7-17-9)18-12(13(15)16-2)10-4-3-6-14-8-10/h3-8,12H,1-2H3/t12-/m0/s1. The van der Waals surface area contributed by atoms with Gasteiger partial charge in [0.15, 0.2) is 0 Å². The van der Waals surface area contributed by atoms with E-state index in [9.17, 15) is 4.79 Å². The zero-order chi connectivity index (χ0) is 13.0. The number of methoxy groups -OCH3 is 1. The lowest BCUT2D eigenvalue weighted by atomic mass is 10.2. The van der Waals surface area contributed by atoms with E-state index < -0.39 is 5.25 Å². The van der Waals surface area contributed by atoms with Gasteiger partial charge in [0.2, 0.25) is 0 Å². The van der Waals surface area contributed by atoms with Crippen molar-refractivity contribution in [3.05, 3.63) is 48.2 Å². The van der Waals surface area contributed by atoms with Crippen molar-refractivity contribution in [2.45, 2.75) is 17.1 Å². The van der Waals surface area contributed by atoms with Crippen LogP contribution in [0.5, 0.6) is 0 Å². The molecule has 2 rings (SSSR count). The number of thioether (sulfide) groups is 1. The number of ether oxygens (including phenoxy) is 1. The zero-order valence-electron chi connectivity index (χ0n) is 10.1. The zero-order valence-corrected chi connectivity index (χ0v) is 10.9. The Bertz CT molecular complexity index is 524. The van der Waals surface area contributed by atoms with Gasteiger partial charge in [0.1, 0.15) is 11.0 Å². The molecule has 0 radical (unpaired) electrons. The summed E-state index contributed by atoms with van der Waals surface area (Å²) in [6.45, 7) is 1.86. The van der Waals surface area contributed by atoms with Crippen LogP contribution in [0.3, 0.4) is 0 Å². The summed E-state index contributed by atoms with van der Waals surface area (Å²) in [5, 5.41) is -0.431. The van der Waals surface area contributed by atoms with Gasteiger partial charge in [0.05, 0.1) is 13.4 Å². The molecule has 0 aromatic carbocycles. The molecular weight excluding hydrogens is 250 g/mol. The van der Waals surface area contributed by atoms with Gasteiger partial charge in [-0.1, -0.05) is 6.07 Å². The normalized spacial score (nSPS) is 12.1. The summed E-state index contributed by atoms with van der Waals surface area (Å²) in [5.74, 6) is 0.492. The number of hydrogen-bond donors (Lipinski definition) is 0. The van der Waals surface area contributed by atoms with E-state index >= 15 is 0 Å². The Labute approximate surface area is 109 Å². The van der Waals surface area contributed by atoms with Crippen LogP contribution in [0, 0.1) is 6.92 Å². The predicted octanol–water partition coefficient (Wildman–Crippen LogP) is 2.99. The highest BCUT2D eigenvalue weighted by molar-refractivity contribution is 8.00. The molecule has 4 nitrogen and oxygen atoms in total. The average molecular weight is 263 g/mol. The van der Waals surface area contributed by atoms with Crippen LogP contribution in [0.1, 0.15) is 16.6 Å². The van der Waals surface area contributed by atoms with Crippen molar-refractivity contribution in [1.82, 2.24) is 4.98 Å². The molecule has 0 amide bonds. The molecule has 0 spiro atoms. The molecule has 0 N–H and O–H groups in total. The predicted molar refractivity (Wildman–Crippen MR) is 68.3 cm³/mol. The summed E-state index contributed by atoms with van der Waals surface area (Å²) in [6.07, 6.45) is 4.95. The second-order valence-corrected chi connectivity index (χ2v) is 4.80. The number of rotatable bonds is 4. The van der Waals surface area contributed by atoms with E-state index in [1.54, 1.807) is 24.7 Å². The van der Waals surface area contributed by atoms with Crippen LogP contribution in [0.15, 0.2) is 46.2 Å². The van der Waals surface area contributed by atoms with Crippen molar-refractivity contribution in [2.24, 2.45) is 0 Å². The fraction of sp³-hybridized carbons (Fsp3) is 0.231. The molecule has 0 saturated heterocycles. The Morgan fingerprint density at radius 3 is 2.89 bits per heavy atom. The Balaban J connectivity index is 2.27. The van der Waals surface area contributed by atoms with Crippen LogP contribution in [-0.4, -0.2) is 18.1 Å². The van der Waals surface area contributed by atoms with Crippen molar-refractivity contribution in [2.75, 3.05) is 7.11 Å². The maximum Gasteiger partial charge on any atom is 0.323 e.